The Morgan fingerprint density at radius 2 is 1.81 bits per heavy atom. The average Bonchev–Trinajstić information content (AvgIpc) is 3.01. The van der Waals surface area contributed by atoms with Crippen molar-refractivity contribution >= 4 is 27.8 Å². The van der Waals surface area contributed by atoms with E-state index in [-0.39, 0.29) is 6.04 Å². The maximum atomic E-state index is 6.31. The van der Waals surface area contributed by atoms with Crippen molar-refractivity contribution in [3.8, 4) is 11.1 Å². The highest BCUT2D eigenvalue weighted by atomic mass is 15.4. The first-order valence-corrected chi connectivity index (χ1v) is 9.51. The quantitative estimate of drug-likeness (QED) is 0.540. The van der Waals surface area contributed by atoms with Crippen LogP contribution in [0.1, 0.15) is 33.0 Å². The fourth-order valence-corrected chi connectivity index (χ4v) is 3.50. The number of nitrogens with two attached hydrogens (primary N) is 1. The molecule has 0 aliphatic rings. The van der Waals surface area contributed by atoms with Gasteiger partial charge in [0.25, 0.3) is 0 Å². The fourth-order valence-electron chi connectivity index (χ4n) is 3.50. The number of benzene rings is 2. The zero-order chi connectivity index (χ0) is 19.0. The Morgan fingerprint density at radius 1 is 1.04 bits per heavy atom. The van der Waals surface area contributed by atoms with E-state index in [0.29, 0.717) is 5.82 Å². The van der Waals surface area contributed by atoms with Crippen LogP contribution in [0.5, 0.6) is 0 Å². The summed E-state index contributed by atoms with van der Waals surface area (Å²) in [5, 5.41) is 1.06. The number of aryl methyl sites for hydroxylation is 1. The van der Waals surface area contributed by atoms with Crippen molar-refractivity contribution in [2.75, 3.05) is 11.2 Å². The molecule has 5 nitrogen and oxygen atoms in total. The van der Waals surface area contributed by atoms with E-state index in [1.807, 2.05) is 18.2 Å². The largest absolute Gasteiger partial charge is 0.382 e. The van der Waals surface area contributed by atoms with E-state index in [2.05, 4.69) is 66.2 Å². The van der Waals surface area contributed by atoms with E-state index in [4.69, 9.17) is 10.7 Å². The molecule has 0 saturated carbocycles. The summed E-state index contributed by atoms with van der Waals surface area (Å²) in [5.41, 5.74) is 14.8. The number of imidazole rings is 1. The molecule has 2 aromatic heterocycles. The normalized spacial score (nSPS) is 11.6. The molecule has 138 valence electrons. The number of nitrogens with zero attached hydrogens (tertiary/aromatic N) is 3. The molecular formula is C22H25N5. The van der Waals surface area contributed by atoms with Crippen LogP contribution in [0.2, 0.25) is 0 Å². The highest BCUT2D eigenvalue weighted by Crippen LogP contribution is 2.31. The van der Waals surface area contributed by atoms with E-state index in [1.165, 1.54) is 5.56 Å². The van der Waals surface area contributed by atoms with E-state index in [1.54, 1.807) is 0 Å². The monoisotopic (exact) mass is 359 g/mol. The number of rotatable bonds is 5. The predicted molar refractivity (Wildman–Crippen MR) is 113 cm³/mol. The summed E-state index contributed by atoms with van der Waals surface area (Å²) in [6, 6.07) is 17.0. The lowest BCUT2D eigenvalue weighted by Gasteiger charge is -2.16. The van der Waals surface area contributed by atoms with Crippen molar-refractivity contribution in [3.63, 3.8) is 0 Å². The van der Waals surface area contributed by atoms with Crippen molar-refractivity contribution in [1.29, 1.82) is 0 Å². The Balaban J connectivity index is 1.99. The lowest BCUT2D eigenvalue weighted by Crippen LogP contribution is -2.24. The molecule has 0 atom stereocenters. The fraction of sp³-hybridized carbons (Fsp3) is 0.273. The highest BCUT2D eigenvalue weighted by Gasteiger charge is 2.18. The van der Waals surface area contributed by atoms with Gasteiger partial charge in [0.05, 0.1) is 5.52 Å². The Labute approximate surface area is 159 Å². The number of hydrogen-bond acceptors (Lipinski definition) is 4. The molecule has 4 rings (SSSR count). The van der Waals surface area contributed by atoms with E-state index in [9.17, 15) is 0 Å². The van der Waals surface area contributed by atoms with Crippen LogP contribution >= 0.6 is 0 Å². The van der Waals surface area contributed by atoms with Gasteiger partial charge in [-0.05, 0) is 43.5 Å². The van der Waals surface area contributed by atoms with Gasteiger partial charge >= 0.3 is 0 Å². The number of nitrogen functional groups attached to an aromatic ring is 1. The third-order valence-electron chi connectivity index (χ3n) is 4.65. The Bertz CT molecular complexity index is 1100. The first-order valence-electron chi connectivity index (χ1n) is 9.51. The molecule has 0 aliphatic heterocycles. The third kappa shape index (κ3) is 3.10. The van der Waals surface area contributed by atoms with Gasteiger partial charge in [-0.1, -0.05) is 43.3 Å². The standard InChI is InChI=1S/C22H25N5/c1-4-8-19-25-20-21(27(19)26-14(2)3)17-12-11-16(13-18(17)24-22(20)23)15-9-6-5-7-10-15/h5-7,9-14,26H,4,8H2,1-3H3,(H2,23,24). The number of nitrogens with one attached hydrogen (secondary N) is 1. The van der Waals surface area contributed by atoms with E-state index in [0.717, 1.165) is 46.2 Å². The van der Waals surface area contributed by atoms with E-state index < -0.39 is 0 Å². The first-order chi connectivity index (χ1) is 13.1. The average molecular weight is 359 g/mol. The molecule has 0 bridgehead atoms. The van der Waals surface area contributed by atoms with Gasteiger partial charge in [-0.15, -0.1) is 0 Å². The van der Waals surface area contributed by atoms with Crippen LogP contribution in [0, 0.1) is 0 Å². The maximum absolute atomic E-state index is 6.31. The van der Waals surface area contributed by atoms with Crippen LogP contribution in [0.4, 0.5) is 5.82 Å². The summed E-state index contributed by atoms with van der Waals surface area (Å²) < 4.78 is 2.10. The van der Waals surface area contributed by atoms with Crippen molar-refractivity contribution in [2.45, 2.75) is 39.7 Å². The number of fused-ring (bicyclic) bond motifs is 3. The zero-order valence-electron chi connectivity index (χ0n) is 16.0. The van der Waals surface area contributed by atoms with Gasteiger partial charge < -0.3 is 11.2 Å². The van der Waals surface area contributed by atoms with Crippen molar-refractivity contribution in [1.82, 2.24) is 14.6 Å². The molecule has 0 unspecified atom stereocenters. The molecule has 27 heavy (non-hydrogen) atoms. The molecule has 2 aromatic carbocycles. The lowest BCUT2D eigenvalue weighted by molar-refractivity contribution is 0.699. The topological polar surface area (TPSA) is 68.8 Å². The van der Waals surface area contributed by atoms with Crippen molar-refractivity contribution in [2.24, 2.45) is 0 Å². The van der Waals surface area contributed by atoms with Gasteiger partial charge in [-0.25, -0.2) is 14.6 Å². The second-order valence-corrected chi connectivity index (χ2v) is 7.19. The molecule has 5 heteroatoms. The number of pyridine rings is 1. The smallest absolute Gasteiger partial charge is 0.152 e. The van der Waals surface area contributed by atoms with Gasteiger partial charge in [0, 0.05) is 17.8 Å². The minimum atomic E-state index is 0.283. The number of aromatic nitrogens is 3. The second-order valence-electron chi connectivity index (χ2n) is 7.19. The molecule has 0 aliphatic carbocycles. The minimum Gasteiger partial charge on any atom is -0.382 e. The maximum Gasteiger partial charge on any atom is 0.152 e. The summed E-state index contributed by atoms with van der Waals surface area (Å²) >= 11 is 0. The molecule has 3 N–H and O–H groups in total. The van der Waals surface area contributed by atoms with Crippen molar-refractivity contribution < 1.29 is 0 Å². The molecule has 0 radical (unpaired) electrons. The van der Waals surface area contributed by atoms with Crippen molar-refractivity contribution in [3.05, 3.63) is 54.4 Å². The van der Waals surface area contributed by atoms with Crippen LogP contribution in [0.3, 0.4) is 0 Å². The summed E-state index contributed by atoms with van der Waals surface area (Å²) in [6.45, 7) is 6.41. The minimum absolute atomic E-state index is 0.283. The first kappa shape index (κ1) is 17.3. The number of anilines is 1. The summed E-state index contributed by atoms with van der Waals surface area (Å²) in [6.07, 6.45) is 1.91. The van der Waals surface area contributed by atoms with Crippen LogP contribution in [0.15, 0.2) is 48.5 Å². The SMILES string of the molecule is CCCc1nc2c(N)nc3cc(-c4ccccc4)ccc3c2n1NC(C)C. The zero-order valence-corrected chi connectivity index (χ0v) is 16.0. The van der Waals surface area contributed by atoms with Crippen LogP contribution in [-0.2, 0) is 6.42 Å². The molecule has 0 saturated heterocycles. The molecule has 0 fully saturated rings. The third-order valence-corrected chi connectivity index (χ3v) is 4.65. The second kappa shape index (κ2) is 6.91. The molecule has 2 heterocycles. The highest BCUT2D eigenvalue weighted by molar-refractivity contribution is 6.07. The Hall–Kier alpha value is -3.08. The van der Waals surface area contributed by atoms with Crippen LogP contribution in [-0.4, -0.2) is 20.7 Å². The molecular weight excluding hydrogens is 334 g/mol. The molecule has 4 aromatic rings. The number of hydrogen-bond donors (Lipinski definition) is 2. The van der Waals surface area contributed by atoms with Gasteiger partial charge in [0.2, 0.25) is 0 Å². The van der Waals surface area contributed by atoms with Gasteiger partial charge in [-0.3, -0.25) is 0 Å². The Morgan fingerprint density at radius 3 is 2.52 bits per heavy atom. The van der Waals surface area contributed by atoms with Gasteiger partial charge in [0.1, 0.15) is 16.9 Å². The molecule has 0 amide bonds. The summed E-state index contributed by atoms with van der Waals surface area (Å²) in [5.74, 6) is 1.47. The molecule has 0 spiro atoms. The van der Waals surface area contributed by atoms with Gasteiger partial charge in [0.15, 0.2) is 5.82 Å². The predicted octanol–water partition coefficient (Wildman–Crippen LogP) is 4.74. The van der Waals surface area contributed by atoms with Gasteiger partial charge in [-0.2, -0.15) is 0 Å². The lowest BCUT2D eigenvalue weighted by atomic mass is 10.0. The summed E-state index contributed by atoms with van der Waals surface area (Å²) in [7, 11) is 0. The van der Waals surface area contributed by atoms with Crippen LogP contribution in [0.25, 0.3) is 33.1 Å². The Kier molecular flexibility index (Phi) is 4.44. The van der Waals surface area contributed by atoms with E-state index >= 15 is 0 Å². The van der Waals surface area contributed by atoms with Crippen LogP contribution < -0.4 is 11.2 Å². The summed E-state index contributed by atoms with van der Waals surface area (Å²) in [4.78, 5) is 9.46.